The highest BCUT2D eigenvalue weighted by atomic mass is 35.5. The fourth-order valence-electron chi connectivity index (χ4n) is 1.91. The van der Waals surface area contributed by atoms with E-state index in [9.17, 15) is 9.59 Å². The standard InChI is InChI=1S/C14H10ClN5O3/c15-8-1-2-10-19-9(5-11(21)20(10)6-8)7-23-14(22)12-13(16)18-4-3-17-12/h1-6H,7H2,(H2,16,18). The maximum atomic E-state index is 12.0. The number of fused-ring (bicyclic) bond motifs is 1. The van der Waals surface area contributed by atoms with Crippen molar-refractivity contribution in [2.24, 2.45) is 0 Å². The van der Waals surface area contributed by atoms with Crippen LogP contribution in [0, 0.1) is 0 Å². The number of nitrogens with zero attached hydrogens (tertiary/aromatic N) is 4. The highest BCUT2D eigenvalue weighted by Crippen LogP contribution is 2.10. The average Bonchev–Trinajstić information content (AvgIpc) is 2.54. The Bertz CT molecular complexity index is 957. The van der Waals surface area contributed by atoms with Gasteiger partial charge in [-0.3, -0.25) is 9.20 Å². The Labute approximate surface area is 134 Å². The minimum atomic E-state index is -0.742. The van der Waals surface area contributed by atoms with Crippen LogP contribution in [-0.4, -0.2) is 25.3 Å². The fourth-order valence-corrected chi connectivity index (χ4v) is 2.07. The summed E-state index contributed by atoms with van der Waals surface area (Å²) in [6.07, 6.45) is 4.16. The van der Waals surface area contributed by atoms with E-state index in [1.165, 1.54) is 29.1 Å². The number of carbonyl (C=O) groups excluding carboxylic acids is 1. The Hall–Kier alpha value is -3.00. The third kappa shape index (κ3) is 3.11. The Morgan fingerprint density at radius 2 is 2.09 bits per heavy atom. The number of hydrogen-bond donors (Lipinski definition) is 1. The van der Waals surface area contributed by atoms with Gasteiger partial charge in [0.05, 0.1) is 10.7 Å². The maximum absolute atomic E-state index is 12.0. The van der Waals surface area contributed by atoms with Crippen molar-refractivity contribution >= 4 is 29.0 Å². The molecule has 0 amide bonds. The summed E-state index contributed by atoms with van der Waals surface area (Å²) in [5.74, 6) is -0.771. The first kappa shape index (κ1) is 14.9. The first-order chi connectivity index (χ1) is 11.0. The third-order valence-corrected chi connectivity index (χ3v) is 3.17. The number of halogens is 1. The smallest absolute Gasteiger partial charge is 0.361 e. The van der Waals surface area contributed by atoms with Crippen LogP contribution in [0.2, 0.25) is 5.02 Å². The van der Waals surface area contributed by atoms with Crippen LogP contribution in [0.5, 0.6) is 0 Å². The number of carbonyl (C=O) groups is 1. The number of hydrogen-bond acceptors (Lipinski definition) is 7. The van der Waals surface area contributed by atoms with E-state index in [2.05, 4.69) is 15.0 Å². The molecule has 0 radical (unpaired) electrons. The molecular formula is C14H10ClN5O3. The second-order valence-electron chi connectivity index (χ2n) is 4.53. The molecule has 0 bridgehead atoms. The maximum Gasteiger partial charge on any atom is 0.361 e. The summed E-state index contributed by atoms with van der Waals surface area (Å²) in [4.78, 5) is 35.7. The van der Waals surface area contributed by atoms with E-state index in [1.54, 1.807) is 12.1 Å². The molecule has 3 aromatic heterocycles. The van der Waals surface area contributed by atoms with Gasteiger partial charge in [-0.05, 0) is 12.1 Å². The van der Waals surface area contributed by atoms with E-state index in [0.717, 1.165) is 0 Å². The van der Waals surface area contributed by atoms with Crippen molar-refractivity contribution in [3.05, 3.63) is 63.6 Å². The van der Waals surface area contributed by atoms with Crippen molar-refractivity contribution in [1.29, 1.82) is 0 Å². The van der Waals surface area contributed by atoms with Crippen LogP contribution >= 0.6 is 11.6 Å². The van der Waals surface area contributed by atoms with Crippen molar-refractivity contribution in [3.63, 3.8) is 0 Å². The van der Waals surface area contributed by atoms with Gasteiger partial charge in [0.25, 0.3) is 5.56 Å². The summed E-state index contributed by atoms with van der Waals surface area (Å²) in [5, 5.41) is 0.415. The average molecular weight is 332 g/mol. The fraction of sp³-hybridized carbons (Fsp3) is 0.0714. The molecule has 0 saturated carbocycles. The Morgan fingerprint density at radius 3 is 2.87 bits per heavy atom. The molecule has 3 aromatic rings. The van der Waals surface area contributed by atoms with Gasteiger partial charge in [0.15, 0.2) is 11.5 Å². The second-order valence-corrected chi connectivity index (χ2v) is 4.96. The minimum absolute atomic E-state index is 0.0290. The van der Waals surface area contributed by atoms with Crippen molar-refractivity contribution < 1.29 is 9.53 Å². The molecule has 8 nitrogen and oxygen atoms in total. The van der Waals surface area contributed by atoms with Gasteiger partial charge in [-0.25, -0.2) is 19.7 Å². The van der Waals surface area contributed by atoms with E-state index in [4.69, 9.17) is 22.1 Å². The number of aromatic nitrogens is 4. The van der Waals surface area contributed by atoms with Crippen LogP contribution < -0.4 is 11.3 Å². The Kier molecular flexibility index (Phi) is 3.90. The summed E-state index contributed by atoms with van der Waals surface area (Å²) in [6.45, 7) is -0.191. The van der Waals surface area contributed by atoms with Gasteiger partial charge in [0.1, 0.15) is 12.3 Å². The number of rotatable bonds is 3. The van der Waals surface area contributed by atoms with Gasteiger partial charge in [-0.15, -0.1) is 0 Å². The minimum Gasteiger partial charge on any atom is -0.454 e. The summed E-state index contributed by atoms with van der Waals surface area (Å²) in [6, 6.07) is 4.46. The third-order valence-electron chi connectivity index (χ3n) is 2.95. The predicted octanol–water partition coefficient (Wildman–Crippen LogP) is 1.08. The molecule has 2 N–H and O–H groups in total. The van der Waals surface area contributed by atoms with Gasteiger partial charge in [-0.1, -0.05) is 11.6 Å². The summed E-state index contributed by atoms with van der Waals surface area (Å²) >= 11 is 5.83. The van der Waals surface area contributed by atoms with Crippen LogP contribution in [0.4, 0.5) is 5.82 Å². The molecule has 0 aliphatic heterocycles. The van der Waals surface area contributed by atoms with Crippen molar-refractivity contribution in [1.82, 2.24) is 19.4 Å². The lowest BCUT2D eigenvalue weighted by atomic mass is 10.3. The van der Waals surface area contributed by atoms with Crippen LogP contribution in [-0.2, 0) is 11.3 Å². The van der Waals surface area contributed by atoms with Crippen molar-refractivity contribution in [2.45, 2.75) is 6.61 Å². The Balaban J connectivity index is 1.82. The van der Waals surface area contributed by atoms with Gasteiger partial charge in [0.2, 0.25) is 0 Å². The van der Waals surface area contributed by atoms with Gasteiger partial charge >= 0.3 is 5.97 Å². The quantitative estimate of drug-likeness (QED) is 0.714. The van der Waals surface area contributed by atoms with Crippen LogP contribution in [0.1, 0.15) is 16.2 Å². The van der Waals surface area contributed by atoms with Crippen LogP contribution in [0.3, 0.4) is 0 Å². The topological polar surface area (TPSA) is 112 Å². The molecule has 0 aliphatic carbocycles. The van der Waals surface area contributed by atoms with E-state index < -0.39 is 5.97 Å². The number of nitrogens with two attached hydrogens (primary N) is 1. The highest BCUT2D eigenvalue weighted by molar-refractivity contribution is 6.30. The monoisotopic (exact) mass is 331 g/mol. The number of pyridine rings is 1. The van der Waals surface area contributed by atoms with E-state index >= 15 is 0 Å². The zero-order valence-electron chi connectivity index (χ0n) is 11.6. The van der Waals surface area contributed by atoms with Crippen molar-refractivity contribution in [2.75, 3.05) is 5.73 Å². The van der Waals surface area contributed by atoms with Gasteiger partial charge < -0.3 is 10.5 Å². The molecule has 116 valence electrons. The lowest BCUT2D eigenvalue weighted by molar-refractivity contribution is 0.0461. The Morgan fingerprint density at radius 1 is 1.30 bits per heavy atom. The summed E-state index contributed by atoms with van der Waals surface area (Å²) in [5.41, 5.74) is 5.82. The molecular weight excluding hydrogens is 322 g/mol. The van der Waals surface area contributed by atoms with Gasteiger partial charge in [-0.2, -0.15) is 0 Å². The lowest BCUT2D eigenvalue weighted by Crippen LogP contribution is -2.17. The first-order valence-corrected chi connectivity index (χ1v) is 6.84. The van der Waals surface area contributed by atoms with E-state index in [-0.39, 0.29) is 23.7 Å². The number of ether oxygens (including phenoxy) is 1. The van der Waals surface area contributed by atoms with Crippen molar-refractivity contribution in [3.8, 4) is 0 Å². The zero-order chi connectivity index (χ0) is 16.4. The second kappa shape index (κ2) is 6.01. The number of esters is 1. The van der Waals surface area contributed by atoms with E-state index in [0.29, 0.717) is 16.4 Å². The number of nitrogen functional groups attached to an aromatic ring is 1. The molecule has 9 heteroatoms. The molecule has 0 aromatic carbocycles. The SMILES string of the molecule is Nc1nccnc1C(=O)OCc1cc(=O)n2cc(Cl)ccc2n1. The largest absolute Gasteiger partial charge is 0.454 e. The first-order valence-electron chi connectivity index (χ1n) is 6.46. The zero-order valence-corrected chi connectivity index (χ0v) is 12.4. The molecule has 0 spiro atoms. The van der Waals surface area contributed by atoms with Gasteiger partial charge in [0, 0.05) is 24.7 Å². The molecule has 0 fully saturated rings. The molecule has 0 aliphatic rings. The molecule has 3 rings (SSSR count). The summed E-state index contributed by atoms with van der Waals surface area (Å²) in [7, 11) is 0. The summed E-state index contributed by atoms with van der Waals surface area (Å²) < 4.78 is 6.36. The molecule has 0 unspecified atom stereocenters. The molecule has 3 heterocycles. The van der Waals surface area contributed by atoms with Crippen LogP contribution in [0.15, 0.2) is 41.6 Å². The molecule has 0 atom stereocenters. The normalized spacial score (nSPS) is 10.7. The number of anilines is 1. The highest BCUT2D eigenvalue weighted by Gasteiger charge is 2.14. The predicted molar refractivity (Wildman–Crippen MR) is 82.0 cm³/mol. The van der Waals surface area contributed by atoms with E-state index in [1.807, 2.05) is 0 Å². The van der Waals surface area contributed by atoms with Crippen LogP contribution in [0.25, 0.3) is 5.65 Å². The molecule has 23 heavy (non-hydrogen) atoms. The molecule has 0 saturated heterocycles. The lowest BCUT2D eigenvalue weighted by Gasteiger charge is -2.06.